The molecule has 0 aliphatic carbocycles. The fourth-order valence-electron chi connectivity index (χ4n) is 11.8. The van der Waals surface area contributed by atoms with E-state index in [0.29, 0.717) is 0 Å². The smallest absolute Gasteiger partial charge is 0.137 e. The Morgan fingerprint density at radius 1 is 0.197 bits per heavy atom. The van der Waals surface area contributed by atoms with E-state index in [1.807, 2.05) is 12.1 Å². The minimum absolute atomic E-state index is 0.891. The Morgan fingerprint density at radius 3 is 0.845 bits per heavy atom. The molecule has 0 amide bonds. The van der Waals surface area contributed by atoms with Gasteiger partial charge in [-0.25, -0.2) is 0 Å². The molecule has 16 rings (SSSR count). The average Bonchev–Trinajstić information content (AvgIpc) is 4.23. The summed E-state index contributed by atoms with van der Waals surface area (Å²) in [7, 11) is 0. The fourth-order valence-corrected chi connectivity index (χ4v) is 11.8. The maximum absolute atomic E-state index is 6.45. The number of hydrogen-bond acceptors (Lipinski definition) is 2. The van der Waals surface area contributed by atoms with Gasteiger partial charge in [0.05, 0.1) is 33.1 Å². The molecule has 5 aromatic heterocycles. The molecule has 5 heterocycles. The van der Waals surface area contributed by atoms with Gasteiger partial charge >= 0.3 is 0 Å². The number of rotatable bonds is 5. The molecule has 5 heteroatoms. The highest BCUT2D eigenvalue weighted by atomic mass is 16.3. The van der Waals surface area contributed by atoms with E-state index in [9.17, 15) is 0 Å². The third-order valence-corrected chi connectivity index (χ3v) is 15.0. The highest BCUT2D eigenvalue weighted by molar-refractivity contribution is 6.20. The second kappa shape index (κ2) is 14.5. The summed E-state index contributed by atoms with van der Waals surface area (Å²) in [5, 5.41) is 11.7. The standard InChI is InChI=1S/C66H39N3O2/c1-4-14-44(15-5-1)67-57-28-24-40(42-26-30-59-51(34-42)53-36-55-47-20-10-12-22-63(47)70-65(55)38-61(53)68(59)45-16-6-2-7-17-45)32-49(57)50-33-41(25-29-58(50)67)43-27-31-60-52(35-43)54-37-56-48-21-11-13-23-64(48)71-66(56)39-62(54)69(60)46-18-8-3-9-19-46/h1-39H. The molecule has 0 aliphatic rings. The van der Waals surface area contributed by atoms with Crippen LogP contribution in [0.5, 0.6) is 0 Å². The largest absolute Gasteiger partial charge is 0.456 e. The van der Waals surface area contributed by atoms with Crippen LogP contribution in [0.25, 0.3) is 149 Å². The van der Waals surface area contributed by atoms with Crippen molar-refractivity contribution in [2.75, 3.05) is 0 Å². The predicted octanol–water partition coefficient (Wildman–Crippen LogP) is 18.1. The van der Waals surface area contributed by atoms with Gasteiger partial charge in [-0.3, -0.25) is 0 Å². The molecule has 0 bridgehead atoms. The SMILES string of the molecule is c1ccc(-n2c3ccc(-c4ccc5c(c4)c4cc6c(cc4n5-c4ccccc4)oc4ccccc46)cc3c3cc(-c4ccc5c(c4)c4cc6c(cc4n5-c4ccccc4)oc4ccccc46)ccc32)cc1. The minimum atomic E-state index is 0.891. The summed E-state index contributed by atoms with van der Waals surface area (Å²) in [6.07, 6.45) is 0. The normalized spacial score (nSPS) is 12.2. The topological polar surface area (TPSA) is 41.1 Å². The summed E-state index contributed by atoms with van der Waals surface area (Å²) in [5.74, 6) is 0. The van der Waals surface area contributed by atoms with E-state index in [2.05, 4.69) is 238 Å². The Kier molecular flexibility index (Phi) is 7.82. The Labute approximate surface area is 405 Å². The summed E-state index contributed by atoms with van der Waals surface area (Å²) < 4.78 is 20.0. The minimum Gasteiger partial charge on any atom is -0.456 e. The zero-order valence-electron chi connectivity index (χ0n) is 38.2. The highest BCUT2D eigenvalue weighted by Gasteiger charge is 2.21. The van der Waals surface area contributed by atoms with Crippen molar-refractivity contribution in [3.8, 4) is 39.3 Å². The van der Waals surface area contributed by atoms with Crippen LogP contribution in [-0.2, 0) is 0 Å². The Morgan fingerprint density at radius 2 is 0.493 bits per heavy atom. The summed E-state index contributed by atoms with van der Waals surface area (Å²) >= 11 is 0. The molecule has 0 fully saturated rings. The van der Waals surface area contributed by atoms with Crippen molar-refractivity contribution in [1.29, 1.82) is 0 Å². The molecule has 0 saturated heterocycles. The monoisotopic (exact) mass is 905 g/mol. The second-order valence-electron chi connectivity index (χ2n) is 18.9. The highest BCUT2D eigenvalue weighted by Crippen LogP contribution is 2.44. The molecular weight excluding hydrogens is 867 g/mol. The number of para-hydroxylation sites is 5. The first-order valence-electron chi connectivity index (χ1n) is 24.2. The molecule has 71 heavy (non-hydrogen) atoms. The van der Waals surface area contributed by atoms with Crippen LogP contribution < -0.4 is 0 Å². The van der Waals surface area contributed by atoms with Crippen LogP contribution in [-0.4, -0.2) is 13.7 Å². The first-order valence-corrected chi connectivity index (χ1v) is 24.2. The maximum atomic E-state index is 6.45. The average molecular weight is 906 g/mol. The third kappa shape index (κ3) is 5.57. The van der Waals surface area contributed by atoms with Crippen molar-refractivity contribution in [2.24, 2.45) is 0 Å². The number of aromatic nitrogens is 3. The van der Waals surface area contributed by atoms with Crippen molar-refractivity contribution >= 4 is 109 Å². The zero-order valence-corrected chi connectivity index (χ0v) is 38.2. The van der Waals surface area contributed by atoms with Crippen LogP contribution in [0.3, 0.4) is 0 Å². The van der Waals surface area contributed by atoms with Crippen LogP contribution in [0.1, 0.15) is 0 Å². The lowest BCUT2D eigenvalue weighted by Crippen LogP contribution is -1.93. The lowest BCUT2D eigenvalue weighted by atomic mass is 9.98. The molecule has 16 aromatic rings. The van der Waals surface area contributed by atoms with Gasteiger partial charge in [-0.05, 0) is 131 Å². The van der Waals surface area contributed by atoms with E-state index >= 15 is 0 Å². The van der Waals surface area contributed by atoms with Crippen LogP contribution in [0, 0.1) is 0 Å². The molecule has 0 saturated carbocycles. The zero-order chi connectivity index (χ0) is 46.3. The molecule has 0 atom stereocenters. The summed E-state index contributed by atoms with van der Waals surface area (Å²) in [6, 6.07) is 85.7. The van der Waals surface area contributed by atoms with Gasteiger partial charge in [0, 0.05) is 83.1 Å². The van der Waals surface area contributed by atoms with Crippen molar-refractivity contribution in [1.82, 2.24) is 13.7 Å². The lowest BCUT2D eigenvalue weighted by Gasteiger charge is -2.09. The molecule has 0 spiro atoms. The molecule has 0 aliphatic heterocycles. The molecule has 11 aromatic carbocycles. The van der Waals surface area contributed by atoms with Crippen molar-refractivity contribution in [3.63, 3.8) is 0 Å². The first-order chi connectivity index (χ1) is 35.2. The number of hydrogen-bond donors (Lipinski definition) is 0. The number of benzene rings is 11. The molecule has 0 N–H and O–H groups in total. The van der Waals surface area contributed by atoms with Crippen LogP contribution in [0.2, 0.25) is 0 Å². The molecule has 330 valence electrons. The van der Waals surface area contributed by atoms with E-state index in [1.165, 1.54) is 65.6 Å². The van der Waals surface area contributed by atoms with Gasteiger partial charge in [0.2, 0.25) is 0 Å². The van der Waals surface area contributed by atoms with E-state index in [4.69, 9.17) is 8.83 Å². The second-order valence-corrected chi connectivity index (χ2v) is 18.9. The Balaban J connectivity index is 0.902. The lowest BCUT2D eigenvalue weighted by molar-refractivity contribution is 0.669. The van der Waals surface area contributed by atoms with E-state index in [0.717, 1.165) is 83.0 Å². The fraction of sp³-hybridized carbons (Fsp3) is 0. The maximum Gasteiger partial charge on any atom is 0.137 e. The first kappa shape index (κ1) is 38.4. The van der Waals surface area contributed by atoms with Crippen molar-refractivity contribution in [3.05, 3.63) is 237 Å². The molecular formula is C66H39N3O2. The molecule has 0 radical (unpaired) electrons. The Bertz CT molecular complexity index is 4570. The van der Waals surface area contributed by atoms with Crippen molar-refractivity contribution in [2.45, 2.75) is 0 Å². The number of nitrogens with zero attached hydrogens (tertiary/aromatic N) is 3. The van der Waals surface area contributed by atoms with E-state index in [-0.39, 0.29) is 0 Å². The quantitative estimate of drug-likeness (QED) is 0.173. The van der Waals surface area contributed by atoms with E-state index in [1.54, 1.807) is 0 Å². The van der Waals surface area contributed by atoms with Gasteiger partial charge in [-0.2, -0.15) is 0 Å². The van der Waals surface area contributed by atoms with Gasteiger partial charge in [0.25, 0.3) is 0 Å². The van der Waals surface area contributed by atoms with Gasteiger partial charge in [-0.15, -0.1) is 0 Å². The van der Waals surface area contributed by atoms with Gasteiger partial charge in [0.15, 0.2) is 0 Å². The van der Waals surface area contributed by atoms with Gasteiger partial charge < -0.3 is 22.5 Å². The predicted molar refractivity (Wildman–Crippen MR) is 295 cm³/mol. The summed E-state index contributed by atoms with van der Waals surface area (Å²) in [4.78, 5) is 0. The summed E-state index contributed by atoms with van der Waals surface area (Å²) in [6.45, 7) is 0. The molecule has 0 unspecified atom stereocenters. The van der Waals surface area contributed by atoms with Gasteiger partial charge in [0.1, 0.15) is 22.3 Å². The van der Waals surface area contributed by atoms with Crippen LogP contribution in [0.4, 0.5) is 0 Å². The van der Waals surface area contributed by atoms with Gasteiger partial charge in [-0.1, -0.05) is 115 Å². The Hall–Kier alpha value is -9.58. The van der Waals surface area contributed by atoms with E-state index < -0.39 is 0 Å². The molecule has 5 nitrogen and oxygen atoms in total. The number of furan rings is 2. The van der Waals surface area contributed by atoms with Crippen LogP contribution in [0.15, 0.2) is 245 Å². The summed E-state index contributed by atoms with van der Waals surface area (Å²) in [5.41, 5.74) is 18.5. The van der Waals surface area contributed by atoms with Crippen molar-refractivity contribution < 1.29 is 8.83 Å². The third-order valence-electron chi connectivity index (χ3n) is 15.0. The number of fused-ring (bicyclic) bond motifs is 15. The van der Waals surface area contributed by atoms with Crippen LogP contribution >= 0.6 is 0 Å².